The van der Waals surface area contributed by atoms with E-state index in [0.29, 0.717) is 23.9 Å². The zero-order chi connectivity index (χ0) is 41.1. The summed E-state index contributed by atoms with van der Waals surface area (Å²) in [6, 6.07) is 40.6. The number of ether oxygens (including phenoxy) is 1. The number of aromatic nitrogens is 2. The molecule has 6 atom stereocenters. The second kappa shape index (κ2) is 18.6. The molecule has 4 amide bonds. The number of hydrogen-bond donors (Lipinski definition) is 4. The summed E-state index contributed by atoms with van der Waals surface area (Å²) in [6.45, 7) is 0. The van der Waals surface area contributed by atoms with Crippen molar-refractivity contribution in [2.45, 2.75) is 62.1 Å². The van der Waals surface area contributed by atoms with Crippen molar-refractivity contribution in [3.8, 4) is 12.1 Å². The number of hydrogen-bond acceptors (Lipinski definition) is 9. The molecule has 294 valence electrons. The molecular formula is C46H40N8O5. The number of nitriles is 2. The fourth-order valence-corrected chi connectivity index (χ4v) is 7.04. The number of nitrogens with zero attached hydrogens (tertiary/aromatic N) is 4. The molecule has 0 bridgehead atoms. The van der Waals surface area contributed by atoms with Gasteiger partial charge in [-0.3, -0.25) is 19.2 Å². The SMILES string of the molecule is N#CC[C@H](NC(=O)c1ccc2ccccc2n1)C(=O)N[C@@H](Cc1ccccc1)[C@@H]1O[C@@H]1[C@H](Cc1ccccc1)NC(=O)[C@H](CC#N)NC(=O)c1ccc2ccccc2n1. The van der Waals surface area contributed by atoms with Gasteiger partial charge in [-0.15, -0.1) is 0 Å². The molecule has 0 aliphatic carbocycles. The van der Waals surface area contributed by atoms with Crippen molar-refractivity contribution in [3.05, 3.63) is 156 Å². The predicted molar refractivity (Wildman–Crippen MR) is 219 cm³/mol. The number of pyridine rings is 2. The van der Waals surface area contributed by atoms with E-state index in [1.165, 1.54) is 0 Å². The third kappa shape index (κ3) is 10.1. The molecule has 2 aromatic heterocycles. The highest BCUT2D eigenvalue weighted by Crippen LogP contribution is 2.32. The fraction of sp³-hybridized carbons (Fsp3) is 0.217. The van der Waals surface area contributed by atoms with Gasteiger partial charge in [-0.25, -0.2) is 9.97 Å². The van der Waals surface area contributed by atoms with Gasteiger partial charge in [-0.1, -0.05) is 109 Å². The lowest BCUT2D eigenvalue weighted by atomic mass is 9.95. The molecule has 7 rings (SSSR count). The van der Waals surface area contributed by atoms with Crippen LogP contribution in [0, 0.1) is 22.7 Å². The minimum Gasteiger partial charge on any atom is -0.365 e. The summed E-state index contributed by atoms with van der Waals surface area (Å²) in [5, 5.41) is 32.5. The highest BCUT2D eigenvalue weighted by atomic mass is 16.6. The molecule has 1 fully saturated rings. The summed E-state index contributed by atoms with van der Waals surface area (Å²) in [4.78, 5) is 63.4. The van der Waals surface area contributed by atoms with Gasteiger partial charge in [0.1, 0.15) is 35.7 Å². The van der Waals surface area contributed by atoms with Gasteiger partial charge in [0.25, 0.3) is 11.8 Å². The Labute approximate surface area is 340 Å². The van der Waals surface area contributed by atoms with Crippen LogP contribution in [0.2, 0.25) is 0 Å². The van der Waals surface area contributed by atoms with Crippen molar-refractivity contribution in [2.75, 3.05) is 0 Å². The summed E-state index contributed by atoms with van der Waals surface area (Å²) >= 11 is 0. The molecule has 0 unspecified atom stereocenters. The van der Waals surface area contributed by atoms with E-state index in [1.54, 1.807) is 36.4 Å². The molecule has 1 aliphatic heterocycles. The van der Waals surface area contributed by atoms with E-state index >= 15 is 0 Å². The van der Waals surface area contributed by atoms with Crippen LogP contribution in [0.5, 0.6) is 0 Å². The molecule has 0 spiro atoms. The Hall–Kier alpha value is -7.48. The molecule has 13 heteroatoms. The molecule has 6 aromatic rings. The fourth-order valence-electron chi connectivity index (χ4n) is 7.04. The molecule has 4 N–H and O–H groups in total. The molecular weight excluding hydrogens is 745 g/mol. The van der Waals surface area contributed by atoms with E-state index < -0.39 is 60.0 Å². The third-order valence-corrected chi connectivity index (χ3v) is 10.1. The van der Waals surface area contributed by atoms with Crippen LogP contribution < -0.4 is 21.3 Å². The van der Waals surface area contributed by atoms with Gasteiger partial charge in [0.2, 0.25) is 11.8 Å². The maximum atomic E-state index is 13.9. The van der Waals surface area contributed by atoms with Crippen LogP contribution in [0.3, 0.4) is 0 Å². The first-order chi connectivity index (χ1) is 28.8. The normalized spacial score (nSPS) is 16.3. The van der Waals surface area contributed by atoms with Crippen LogP contribution in [-0.4, -0.2) is 70.0 Å². The van der Waals surface area contributed by atoms with Crippen molar-refractivity contribution >= 4 is 45.4 Å². The highest BCUT2D eigenvalue weighted by Gasteiger charge is 2.51. The van der Waals surface area contributed by atoms with E-state index in [9.17, 15) is 29.7 Å². The first-order valence-corrected chi connectivity index (χ1v) is 19.2. The predicted octanol–water partition coefficient (Wildman–Crippen LogP) is 4.73. The molecule has 1 aliphatic rings. The number of carbonyl (C=O) groups is 4. The van der Waals surface area contributed by atoms with Crippen LogP contribution in [-0.2, 0) is 27.2 Å². The number of amides is 4. The van der Waals surface area contributed by atoms with Crippen LogP contribution in [0.25, 0.3) is 21.8 Å². The van der Waals surface area contributed by atoms with Crippen LogP contribution in [0.1, 0.15) is 44.9 Å². The summed E-state index contributed by atoms with van der Waals surface area (Å²) in [5.41, 5.74) is 3.23. The van der Waals surface area contributed by atoms with E-state index in [4.69, 9.17) is 4.74 Å². The van der Waals surface area contributed by atoms with Gasteiger partial charge in [0, 0.05) is 10.8 Å². The Morgan fingerprint density at radius 3 is 1.32 bits per heavy atom. The smallest absolute Gasteiger partial charge is 0.270 e. The van der Waals surface area contributed by atoms with Crippen LogP contribution in [0.15, 0.2) is 133 Å². The van der Waals surface area contributed by atoms with Gasteiger partial charge in [0.15, 0.2) is 0 Å². The molecule has 13 nitrogen and oxygen atoms in total. The zero-order valence-electron chi connectivity index (χ0n) is 31.8. The topological polar surface area (TPSA) is 202 Å². The van der Waals surface area contributed by atoms with Crippen molar-refractivity contribution in [1.82, 2.24) is 31.2 Å². The van der Waals surface area contributed by atoms with Crippen molar-refractivity contribution in [1.29, 1.82) is 10.5 Å². The van der Waals surface area contributed by atoms with E-state index in [-0.39, 0.29) is 24.2 Å². The minimum atomic E-state index is -1.21. The summed E-state index contributed by atoms with van der Waals surface area (Å²) in [7, 11) is 0. The molecule has 0 radical (unpaired) electrons. The highest BCUT2D eigenvalue weighted by molar-refractivity contribution is 5.99. The van der Waals surface area contributed by atoms with E-state index in [0.717, 1.165) is 21.9 Å². The number of para-hydroxylation sites is 2. The van der Waals surface area contributed by atoms with Gasteiger partial charge >= 0.3 is 0 Å². The zero-order valence-corrected chi connectivity index (χ0v) is 31.8. The van der Waals surface area contributed by atoms with Crippen molar-refractivity contribution in [2.24, 2.45) is 0 Å². The maximum absolute atomic E-state index is 13.9. The second-order valence-electron chi connectivity index (χ2n) is 14.2. The average molecular weight is 785 g/mol. The van der Waals surface area contributed by atoms with Crippen molar-refractivity contribution < 1.29 is 23.9 Å². The minimum absolute atomic E-state index is 0.102. The maximum Gasteiger partial charge on any atom is 0.270 e. The first kappa shape index (κ1) is 39.7. The molecule has 3 heterocycles. The van der Waals surface area contributed by atoms with Crippen LogP contribution >= 0.6 is 0 Å². The van der Waals surface area contributed by atoms with Gasteiger partial charge in [0.05, 0.1) is 48.1 Å². The number of nitrogens with one attached hydrogen (secondary N) is 4. The largest absolute Gasteiger partial charge is 0.365 e. The lowest BCUT2D eigenvalue weighted by Gasteiger charge is -2.24. The quantitative estimate of drug-likeness (QED) is 0.100. The lowest BCUT2D eigenvalue weighted by Crippen LogP contribution is -2.54. The third-order valence-electron chi connectivity index (χ3n) is 10.1. The number of epoxide rings is 1. The Morgan fingerprint density at radius 2 is 0.915 bits per heavy atom. The number of rotatable bonds is 16. The van der Waals surface area contributed by atoms with Gasteiger partial charge in [-0.05, 0) is 48.2 Å². The molecule has 59 heavy (non-hydrogen) atoms. The lowest BCUT2D eigenvalue weighted by molar-refractivity contribution is -0.124. The van der Waals surface area contributed by atoms with Crippen molar-refractivity contribution in [3.63, 3.8) is 0 Å². The second-order valence-corrected chi connectivity index (χ2v) is 14.2. The standard InChI is InChI=1S/C46H40N8O5/c47-25-23-37(51-43(55)35-21-19-31-15-7-9-17-33(31)49-35)45(57)53-39(27-29-11-3-1-4-12-29)41-42(59-41)40(28-30-13-5-2-6-14-30)54-46(58)38(24-26-48)52-44(56)36-22-20-32-16-8-10-18-34(32)50-36/h1-22,37-42H,23-24,27-28H2,(H,51,55)(H,52,56)(H,53,57)(H,54,58)/t37-,38-,39-,40-,41-,42+/m0/s1. The Bertz CT molecular complexity index is 2380. The summed E-state index contributed by atoms with van der Waals surface area (Å²) in [6.07, 6.45) is -1.12. The molecule has 4 aromatic carbocycles. The number of benzene rings is 4. The Kier molecular flexibility index (Phi) is 12.6. The summed E-state index contributed by atoms with van der Waals surface area (Å²) < 4.78 is 6.30. The number of fused-ring (bicyclic) bond motifs is 2. The van der Waals surface area contributed by atoms with E-state index in [2.05, 4.69) is 31.2 Å². The Morgan fingerprint density at radius 1 is 0.525 bits per heavy atom. The van der Waals surface area contributed by atoms with Gasteiger partial charge < -0.3 is 26.0 Å². The molecule has 0 saturated carbocycles. The summed E-state index contributed by atoms with van der Waals surface area (Å²) in [5.74, 6) is -2.38. The first-order valence-electron chi connectivity index (χ1n) is 19.2. The van der Waals surface area contributed by atoms with Crippen LogP contribution in [0.4, 0.5) is 0 Å². The average Bonchev–Trinajstić information content (AvgIpc) is 4.07. The van der Waals surface area contributed by atoms with E-state index in [1.807, 2.05) is 109 Å². The molecule has 1 saturated heterocycles. The number of carbonyl (C=O) groups excluding carboxylic acids is 4. The Balaban J connectivity index is 1.09. The monoisotopic (exact) mass is 784 g/mol. The van der Waals surface area contributed by atoms with Gasteiger partial charge in [-0.2, -0.15) is 10.5 Å².